The molecule has 0 radical (unpaired) electrons. The third kappa shape index (κ3) is 2.32. The van der Waals surface area contributed by atoms with Crippen molar-refractivity contribution in [3.8, 4) is 0 Å². The summed E-state index contributed by atoms with van der Waals surface area (Å²) in [6, 6.07) is -0.287. The summed E-state index contributed by atoms with van der Waals surface area (Å²) >= 11 is 0. The van der Waals surface area contributed by atoms with Crippen LogP contribution in [0.3, 0.4) is 0 Å². The van der Waals surface area contributed by atoms with Gasteiger partial charge in [0.05, 0.1) is 18.8 Å². The highest BCUT2D eigenvalue weighted by Crippen LogP contribution is 2.26. The summed E-state index contributed by atoms with van der Waals surface area (Å²) < 4.78 is 0. The second kappa shape index (κ2) is 4.87. The average molecular weight is 201 g/mol. The van der Waals surface area contributed by atoms with E-state index in [1.807, 2.05) is 6.92 Å². The van der Waals surface area contributed by atoms with Crippen LogP contribution in [0.4, 0.5) is 0 Å². The normalized spacial score (nSPS) is 34.4. The molecule has 4 atom stereocenters. The first-order valence-electron chi connectivity index (χ1n) is 5.15. The molecule has 0 aromatic heterocycles. The summed E-state index contributed by atoms with van der Waals surface area (Å²) in [6.45, 7) is 3.34. The minimum absolute atomic E-state index is 0.107. The first kappa shape index (κ1) is 11.6. The number of Topliss-reactive ketones (excluding diaryl/α,β-unsaturated/α-hetero) is 1. The van der Waals surface area contributed by atoms with Crippen molar-refractivity contribution < 1.29 is 15.0 Å². The van der Waals surface area contributed by atoms with Gasteiger partial charge in [-0.2, -0.15) is 0 Å². The summed E-state index contributed by atoms with van der Waals surface area (Å²) in [5.41, 5.74) is 0. The van der Waals surface area contributed by atoms with Crippen LogP contribution in [0.25, 0.3) is 0 Å². The van der Waals surface area contributed by atoms with Crippen LogP contribution in [0, 0.1) is 5.92 Å². The minimum Gasteiger partial charge on any atom is -0.394 e. The van der Waals surface area contributed by atoms with E-state index < -0.39 is 6.10 Å². The molecule has 1 heterocycles. The lowest BCUT2D eigenvalue weighted by molar-refractivity contribution is -0.118. The monoisotopic (exact) mass is 201 g/mol. The van der Waals surface area contributed by atoms with Gasteiger partial charge in [-0.3, -0.25) is 4.79 Å². The van der Waals surface area contributed by atoms with Crippen LogP contribution in [-0.2, 0) is 4.79 Å². The number of ketones is 1. The number of carbonyl (C=O) groups is 1. The smallest absolute Gasteiger partial charge is 0.146 e. The SMILES string of the molecule is CC[C@@H]1C[C@H](C(C)=O)N[C@H]1C(O)CO. The zero-order chi connectivity index (χ0) is 10.7. The van der Waals surface area contributed by atoms with E-state index in [4.69, 9.17) is 5.11 Å². The van der Waals surface area contributed by atoms with Gasteiger partial charge in [0.15, 0.2) is 0 Å². The van der Waals surface area contributed by atoms with E-state index in [9.17, 15) is 9.90 Å². The molecular formula is C10H19NO3. The second-order valence-corrected chi connectivity index (χ2v) is 4.01. The van der Waals surface area contributed by atoms with Crippen LogP contribution in [0.2, 0.25) is 0 Å². The first-order valence-corrected chi connectivity index (χ1v) is 5.15. The number of hydrogen-bond acceptors (Lipinski definition) is 4. The summed E-state index contributed by atoms with van der Waals surface area (Å²) in [7, 11) is 0. The quantitative estimate of drug-likeness (QED) is 0.583. The third-order valence-electron chi connectivity index (χ3n) is 3.06. The Bertz CT molecular complexity index is 208. The fourth-order valence-electron chi connectivity index (χ4n) is 2.13. The zero-order valence-corrected chi connectivity index (χ0v) is 8.73. The second-order valence-electron chi connectivity index (χ2n) is 4.01. The summed E-state index contributed by atoms with van der Waals surface area (Å²) in [6.07, 6.45) is 0.927. The molecule has 0 aromatic carbocycles. The van der Waals surface area contributed by atoms with Gasteiger partial charge in [-0.15, -0.1) is 0 Å². The highest BCUT2D eigenvalue weighted by atomic mass is 16.3. The molecule has 3 N–H and O–H groups in total. The van der Waals surface area contributed by atoms with E-state index in [0.717, 1.165) is 12.8 Å². The Kier molecular flexibility index (Phi) is 4.04. The summed E-state index contributed by atoms with van der Waals surface area (Å²) in [5, 5.41) is 21.5. The Hall–Kier alpha value is -0.450. The van der Waals surface area contributed by atoms with Crippen molar-refractivity contribution in [1.29, 1.82) is 0 Å². The van der Waals surface area contributed by atoms with Gasteiger partial charge in [-0.1, -0.05) is 13.3 Å². The largest absolute Gasteiger partial charge is 0.394 e. The summed E-state index contributed by atoms with van der Waals surface area (Å²) in [5.74, 6) is 0.391. The molecule has 0 saturated carbocycles. The predicted molar refractivity (Wildman–Crippen MR) is 52.9 cm³/mol. The fraction of sp³-hybridized carbons (Fsp3) is 0.900. The number of carbonyl (C=O) groups excluding carboxylic acids is 1. The molecule has 4 nitrogen and oxygen atoms in total. The lowest BCUT2D eigenvalue weighted by atomic mass is 9.92. The van der Waals surface area contributed by atoms with Crippen LogP contribution in [0.15, 0.2) is 0 Å². The van der Waals surface area contributed by atoms with E-state index in [0.29, 0.717) is 0 Å². The van der Waals surface area contributed by atoms with Crippen LogP contribution in [0.5, 0.6) is 0 Å². The maximum absolute atomic E-state index is 11.2. The molecule has 14 heavy (non-hydrogen) atoms. The van der Waals surface area contributed by atoms with Crippen LogP contribution in [0.1, 0.15) is 26.7 Å². The van der Waals surface area contributed by atoms with Crippen molar-refractivity contribution in [3.05, 3.63) is 0 Å². The molecule has 0 aliphatic carbocycles. The Morgan fingerprint density at radius 2 is 2.29 bits per heavy atom. The lowest BCUT2D eigenvalue weighted by Gasteiger charge is -2.22. The molecule has 1 aliphatic rings. The van der Waals surface area contributed by atoms with Crippen molar-refractivity contribution in [2.75, 3.05) is 6.61 Å². The summed E-state index contributed by atoms with van der Waals surface area (Å²) in [4.78, 5) is 11.2. The topological polar surface area (TPSA) is 69.6 Å². The van der Waals surface area contributed by atoms with E-state index in [2.05, 4.69) is 5.32 Å². The predicted octanol–water partition coefficient (Wildman–Crippen LogP) is -0.315. The van der Waals surface area contributed by atoms with Gasteiger partial charge in [-0.05, 0) is 19.3 Å². The van der Waals surface area contributed by atoms with Gasteiger partial charge < -0.3 is 15.5 Å². The zero-order valence-electron chi connectivity index (χ0n) is 8.73. The van der Waals surface area contributed by atoms with Crippen LogP contribution < -0.4 is 5.32 Å². The number of aliphatic hydroxyl groups excluding tert-OH is 2. The van der Waals surface area contributed by atoms with Gasteiger partial charge in [0, 0.05) is 6.04 Å². The Labute approximate surface area is 84.3 Å². The highest BCUT2D eigenvalue weighted by Gasteiger charge is 2.38. The van der Waals surface area contributed by atoms with Crippen molar-refractivity contribution in [2.45, 2.75) is 44.9 Å². The van der Waals surface area contributed by atoms with Crippen LogP contribution >= 0.6 is 0 Å². The van der Waals surface area contributed by atoms with Gasteiger partial charge in [0.2, 0.25) is 0 Å². The maximum atomic E-state index is 11.2. The van der Waals surface area contributed by atoms with E-state index in [1.165, 1.54) is 0 Å². The number of nitrogens with one attached hydrogen (secondary N) is 1. The maximum Gasteiger partial charge on any atom is 0.146 e. The van der Waals surface area contributed by atoms with Crippen molar-refractivity contribution in [1.82, 2.24) is 5.32 Å². The average Bonchev–Trinajstić information content (AvgIpc) is 2.60. The minimum atomic E-state index is -0.760. The molecule has 0 amide bonds. The first-order chi connectivity index (χ1) is 6.60. The van der Waals surface area contributed by atoms with Crippen LogP contribution in [-0.4, -0.2) is 40.8 Å². The van der Waals surface area contributed by atoms with Crippen molar-refractivity contribution >= 4 is 5.78 Å². The van der Waals surface area contributed by atoms with E-state index in [1.54, 1.807) is 6.92 Å². The van der Waals surface area contributed by atoms with Gasteiger partial charge in [0.1, 0.15) is 5.78 Å². The number of rotatable bonds is 4. The van der Waals surface area contributed by atoms with Gasteiger partial charge in [-0.25, -0.2) is 0 Å². The Morgan fingerprint density at radius 1 is 1.64 bits per heavy atom. The molecule has 4 heteroatoms. The Balaban J connectivity index is 2.62. The molecule has 0 bridgehead atoms. The molecule has 1 rings (SSSR count). The highest BCUT2D eigenvalue weighted by molar-refractivity contribution is 5.81. The molecule has 82 valence electrons. The molecule has 0 aromatic rings. The molecule has 1 unspecified atom stereocenters. The van der Waals surface area contributed by atoms with E-state index in [-0.39, 0.29) is 30.4 Å². The molecular weight excluding hydrogens is 182 g/mol. The third-order valence-corrected chi connectivity index (χ3v) is 3.06. The van der Waals surface area contributed by atoms with Gasteiger partial charge in [0.25, 0.3) is 0 Å². The van der Waals surface area contributed by atoms with Crippen molar-refractivity contribution in [2.24, 2.45) is 5.92 Å². The fourth-order valence-corrected chi connectivity index (χ4v) is 2.13. The Morgan fingerprint density at radius 3 is 2.71 bits per heavy atom. The van der Waals surface area contributed by atoms with Crippen molar-refractivity contribution in [3.63, 3.8) is 0 Å². The number of hydrogen-bond donors (Lipinski definition) is 3. The molecule has 1 aliphatic heterocycles. The molecule has 1 fully saturated rings. The standard InChI is InChI=1S/C10H19NO3/c1-3-7-4-8(6(2)13)11-10(7)9(14)5-12/h7-12,14H,3-5H2,1-2H3/t7-,8-,9?,10-/m1/s1. The molecule has 0 spiro atoms. The lowest BCUT2D eigenvalue weighted by Crippen LogP contribution is -2.44. The van der Waals surface area contributed by atoms with E-state index >= 15 is 0 Å². The van der Waals surface area contributed by atoms with Gasteiger partial charge >= 0.3 is 0 Å². The number of aliphatic hydroxyl groups is 2. The molecule has 1 saturated heterocycles.